The Morgan fingerprint density at radius 3 is 2.68 bits per heavy atom. The molecular weight excluding hydrogens is 327 g/mol. The predicted octanol–water partition coefficient (Wildman–Crippen LogP) is 3.01. The number of hydrogen-bond donors (Lipinski definition) is 0. The van der Waals surface area contributed by atoms with Gasteiger partial charge >= 0.3 is 0 Å². The number of halogens is 1. The van der Waals surface area contributed by atoms with Crippen molar-refractivity contribution in [3.8, 4) is 11.5 Å². The number of methoxy groups -OCH3 is 1. The van der Waals surface area contributed by atoms with Crippen LogP contribution in [0.1, 0.15) is 5.56 Å². The summed E-state index contributed by atoms with van der Waals surface area (Å²) in [6.45, 7) is 0.0620. The lowest BCUT2D eigenvalue weighted by molar-refractivity contribution is -0.112. The van der Waals surface area contributed by atoms with Crippen LogP contribution >= 0.6 is 0 Å². The molecule has 7 heteroatoms. The lowest BCUT2D eigenvalue weighted by Gasteiger charge is -2.19. The SMILES string of the molecule is CON=CC(=O)N(C)c1ccccc1COc1c(F)cccc1OC. The van der Waals surface area contributed by atoms with Crippen LogP contribution in [-0.4, -0.2) is 33.4 Å². The van der Waals surface area contributed by atoms with Crippen molar-refractivity contribution in [1.82, 2.24) is 0 Å². The summed E-state index contributed by atoms with van der Waals surface area (Å²) in [6.07, 6.45) is 1.07. The van der Waals surface area contributed by atoms with E-state index in [0.29, 0.717) is 17.0 Å². The van der Waals surface area contributed by atoms with Gasteiger partial charge in [0.15, 0.2) is 17.3 Å². The lowest BCUT2D eigenvalue weighted by Crippen LogP contribution is -2.28. The van der Waals surface area contributed by atoms with Gasteiger partial charge in [-0.25, -0.2) is 4.39 Å². The molecule has 2 aromatic carbocycles. The maximum Gasteiger partial charge on any atom is 0.272 e. The second kappa shape index (κ2) is 8.68. The zero-order valence-electron chi connectivity index (χ0n) is 14.2. The van der Waals surface area contributed by atoms with Crippen molar-refractivity contribution in [2.24, 2.45) is 5.16 Å². The number of nitrogens with zero attached hydrogens (tertiary/aromatic N) is 2. The molecule has 0 fully saturated rings. The highest BCUT2D eigenvalue weighted by Crippen LogP contribution is 2.31. The summed E-state index contributed by atoms with van der Waals surface area (Å²) in [5.41, 5.74) is 1.32. The molecule has 25 heavy (non-hydrogen) atoms. The van der Waals surface area contributed by atoms with E-state index in [1.807, 2.05) is 6.07 Å². The maximum absolute atomic E-state index is 14.0. The molecule has 0 bridgehead atoms. The topological polar surface area (TPSA) is 60.4 Å². The first kappa shape index (κ1) is 18.3. The predicted molar refractivity (Wildman–Crippen MR) is 92.6 cm³/mol. The number of rotatable bonds is 7. The Labute approximate surface area is 145 Å². The smallest absolute Gasteiger partial charge is 0.272 e. The van der Waals surface area contributed by atoms with Gasteiger partial charge in [0.25, 0.3) is 5.91 Å². The molecule has 0 saturated carbocycles. The summed E-state index contributed by atoms with van der Waals surface area (Å²) in [5.74, 6) is -0.560. The van der Waals surface area contributed by atoms with Crippen molar-refractivity contribution in [3.05, 3.63) is 53.8 Å². The molecule has 0 spiro atoms. The minimum Gasteiger partial charge on any atom is -0.493 e. The van der Waals surface area contributed by atoms with Gasteiger partial charge in [-0.05, 0) is 18.2 Å². The summed E-state index contributed by atoms with van der Waals surface area (Å²) in [5, 5.41) is 3.46. The molecule has 2 aromatic rings. The van der Waals surface area contributed by atoms with E-state index < -0.39 is 5.82 Å². The number of benzene rings is 2. The third-order valence-electron chi connectivity index (χ3n) is 3.47. The van der Waals surface area contributed by atoms with E-state index >= 15 is 0 Å². The molecule has 0 aliphatic carbocycles. The molecule has 0 unspecified atom stereocenters. The lowest BCUT2D eigenvalue weighted by atomic mass is 10.1. The molecule has 2 rings (SSSR count). The largest absolute Gasteiger partial charge is 0.493 e. The monoisotopic (exact) mass is 346 g/mol. The van der Waals surface area contributed by atoms with Crippen LogP contribution in [0.5, 0.6) is 11.5 Å². The summed E-state index contributed by atoms with van der Waals surface area (Å²) < 4.78 is 24.7. The van der Waals surface area contributed by atoms with Gasteiger partial charge in [-0.3, -0.25) is 4.79 Å². The van der Waals surface area contributed by atoms with E-state index in [4.69, 9.17) is 9.47 Å². The minimum absolute atomic E-state index is 0.0229. The molecule has 0 atom stereocenters. The molecule has 0 aromatic heterocycles. The fourth-order valence-corrected chi connectivity index (χ4v) is 2.20. The third kappa shape index (κ3) is 4.47. The van der Waals surface area contributed by atoms with Gasteiger partial charge < -0.3 is 19.2 Å². The molecule has 0 radical (unpaired) electrons. The van der Waals surface area contributed by atoms with Crippen molar-refractivity contribution in [3.63, 3.8) is 0 Å². The number of anilines is 1. The van der Waals surface area contributed by atoms with E-state index in [1.54, 1.807) is 31.3 Å². The van der Waals surface area contributed by atoms with E-state index in [9.17, 15) is 9.18 Å². The van der Waals surface area contributed by atoms with Crippen LogP contribution in [0.25, 0.3) is 0 Å². The van der Waals surface area contributed by atoms with Crippen molar-refractivity contribution in [2.75, 3.05) is 26.2 Å². The highest BCUT2D eigenvalue weighted by Gasteiger charge is 2.15. The van der Waals surface area contributed by atoms with Crippen LogP contribution in [0.2, 0.25) is 0 Å². The molecule has 0 heterocycles. The maximum atomic E-state index is 14.0. The minimum atomic E-state index is -0.520. The van der Waals surface area contributed by atoms with Crippen molar-refractivity contribution < 1.29 is 23.5 Å². The Bertz CT molecular complexity index is 764. The zero-order valence-corrected chi connectivity index (χ0v) is 14.2. The molecule has 0 N–H and O–H groups in total. The van der Waals surface area contributed by atoms with Gasteiger partial charge in [0, 0.05) is 12.6 Å². The van der Waals surface area contributed by atoms with Crippen LogP contribution in [0.15, 0.2) is 47.6 Å². The van der Waals surface area contributed by atoms with E-state index in [1.165, 1.54) is 31.3 Å². The van der Waals surface area contributed by atoms with Gasteiger partial charge in [0.05, 0.1) is 12.8 Å². The van der Waals surface area contributed by atoms with Crippen molar-refractivity contribution in [2.45, 2.75) is 6.61 Å². The second-order valence-electron chi connectivity index (χ2n) is 5.00. The molecule has 0 aliphatic heterocycles. The quantitative estimate of drug-likeness (QED) is 0.571. The number of para-hydroxylation sites is 2. The van der Waals surface area contributed by atoms with Crippen LogP contribution in [0.4, 0.5) is 10.1 Å². The highest BCUT2D eigenvalue weighted by atomic mass is 19.1. The fourth-order valence-electron chi connectivity index (χ4n) is 2.20. The van der Waals surface area contributed by atoms with Crippen LogP contribution in [0, 0.1) is 5.82 Å². The molecule has 0 aliphatic rings. The highest BCUT2D eigenvalue weighted by molar-refractivity contribution is 6.32. The number of carbonyl (C=O) groups excluding carboxylic acids is 1. The van der Waals surface area contributed by atoms with E-state index in [2.05, 4.69) is 9.99 Å². The van der Waals surface area contributed by atoms with Crippen LogP contribution in [0.3, 0.4) is 0 Å². The number of ether oxygens (including phenoxy) is 2. The van der Waals surface area contributed by atoms with Gasteiger partial charge in [-0.1, -0.05) is 29.4 Å². The Hall–Kier alpha value is -3.09. The average Bonchev–Trinajstić information content (AvgIpc) is 2.64. The Kier molecular flexibility index (Phi) is 6.33. The normalized spacial score (nSPS) is 10.6. The Morgan fingerprint density at radius 2 is 1.96 bits per heavy atom. The number of oxime groups is 1. The molecule has 6 nitrogen and oxygen atoms in total. The standard InChI is InChI=1S/C18H19FN2O4/c1-21(17(22)11-20-24-3)15-9-5-4-7-13(15)12-25-18-14(19)8-6-10-16(18)23-2/h4-11H,12H2,1-3H3. The second-order valence-corrected chi connectivity index (χ2v) is 5.00. The van der Waals surface area contributed by atoms with Crippen molar-refractivity contribution >= 4 is 17.8 Å². The van der Waals surface area contributed by atoms with Gasteiger partial charge in [-0.2, -0.15) is 0 Å². The van der Waals surface area contributed by atoms with Gasteiger partial charge in [0.1, 0.15) is 19.9 Å². The Balaban J connectivity index is 2.22. The number of amides is 1. The summed E-state index contributed by atoms with van der Waals surface area (Å²) >= 11 is 0. The molecular formula is C18H19FN2O4. The first-order chi connectivity index (χ1) is 12.1. The van der Waals surface area contributed by atoms with Gasteiger partial charge in [0.2, 0.25) is 0 Å². The first-order valence-electron chi connectivity index (χ1n) is 7.46. The van der Waals surface area contributed by atoms with E-state index in [-0.39, 0.29) is 18.3 Å². The number of hydrogen-bond acceptors (Lipinski definition) is 5. The van der Waals surface area contributed by atoms with Crippen LogP contribution < -0.4 is 14.4 Å². The molecule has 1 amide bonds. The molecule has 0 saturated heterocycles. The summed E-state index contributed by atoms with van der Waals surface area (Å²) in [4.78, 5) is 18.0. The summed E-state index contributed by atoms with van der Waals surface area (Å²) in [7, 11) is 4.40. The average molecular weight is 346 g/mol. The van der Waals surface area contributed by atoms with Crippen LogP contribution in [-0.2, 0) is 16.2 Å². The third-order valence-corrected chi connectivity index (χ3v) is 3.47. The molecule has 132 valence electrons. The zero-order chi connectivity index (χ0) is 18.2. The Morgan fingerprint density at radius 1 is 1.20 bits per heavy atom. The van der Waals surface area contributed by atoms with E-state index in [0.717, 1.165) is 6.21 Å². The summed E-state index contributed by atoms with van der Waals surface area (Å²) in [6, 6.07) is 11.6. The van der Waals surface area contributed by atoms with Gasteiger partial charge in [-0.15, -0.1) is 0 Å². The fraction of sp³-hybridized carbons (Fsp3) is 0.222. The van der Waals surface area contributed by atoms with Crippen molar-refractivity contribution in [1.29, 1.82) is 0 Å². The first-order valence-corrected chi connectivity index (χ1v) is 7.46. The number of carbonyl (C=O) groups is 1.